The van der Waals surface area contributed by atoms with Gasteiger partial charge in [0.2, 0.25) is 5.91 Å². The Hall–Kier alpha value is -1.73. The number of halogens is 3. The van der Waals surface area contributed by atoms with Gasteiger partial charge in [0.25, 0.3) is 5.91 Å². The molecule has 8 heteroatoms. The lowest BCUT2D eigenvalue weighted by Crippen LogP contribution is -2.53. The van der Waals surface area contributed by atoms with Gasteiger partial charge < -0.3 is 16.4 Å². The molecule has 1 aromatic rings. The zero-order chi connectivity index (χ0) is 16.9. The van der Waals surface area contributed by atoms with Crippen LogP contribution in [0.1, 0.15) is 31.1 Å². The first-order chi connectivity index (χ1) is 10.3. The Morgan fingerprint density at radius 2 is 1.65 bits per heavy atom. The summed E-state index contributed by atoms with van der Waals surface area (Å²) in [5.74, 6) is -3.63. The summed E-state index contributed by atoms with van der Waals surface area (Å²) in [7, 11) is 0. The quantitative estimate of drug-likeness (QED) is 0.729. The minimum atomic E-state index is -0.976. The molecule has 4 N–H and O–H groups in total. The molecule has 1 unspecified atom stereocenters. The molecule has 5 nitrogen and oxygen atoms in total. The van der Waals surface area contributed by atoms with E-state index in [1.165, 1.54) is 0 Å². The van der Waals surface area contributed by atoms with Crippen LogP contribution in [0.3, 0.4) is 0 Å². The smallest absolute Gasteiger partial charge is 0.257 e. The molecule has 0 aliphatic rings. The van der Waals surface area contributed by atoms with E-state index in [-0.39, 0.29) is 30.9 Å². The van der Waals surface area contributed by atoms with Crippen LogP contribution in [-0.2, 0) is 4.79 Å². The van der Waals surface area contributed by atoms with Crippen molar-refractivity contribution in [1.29, 1.82) is 0 Å². The van der Waals surface area contributed by atoms with Crippen LogP contribution in [0.25, 0.3) is 0 Å². The number of benzene rings is 1. The number of rotatable bonds is 6. The predicted octanol–water partition coefficient (Wildman–Crippen LogP) is 1.60. The lowest BCUT2D eigenvalue weighted by Gasteiger charge is -2.23. The van der Waals surface area contributed by atoms with Crippen molar-refractivity contribution in [2.45, 2.75) is 32.9 Å². The van der Waals surface area contributed by atoms with Crippen molar-refractivity contribution in [3.63, 3.8) is 0 Å². The SMILES string of the molecule is CC(C)C(NC(=O)c1c(F)cccc1F)C(=O)N[C@@H](C)CN.Cl. The van der Waals surface area contributed by atoms with Crippen LogP contribution >= 0.6 is 12.4 Å². The molecular formula is C15H22ClF2N3O2. The van der Waals surface area contributed by atoms with E-state index in [9.17, 15) is 18.4 Å². The molecule has 0 radical (unpaired) electrons. The molecule has 0 saturated carbocycles. The van der Waals surface area contributed by atoms with Crippen LogP contribution in [0.2, 0.25) is 0 Å². The van der Waals surface area contributed by atoms with Gasteiger partial charge in [-0.2, -0.15) is 0 Å². The van der Waals surface area contributed by atoms with Crippen LogP contribution < -0.4 is 16.4 Å². The monoisotopic (exact) mass is 349 g/mol. The highest BCUT2D eigenvalue weighted by molar-refractivity contribution is 5.98. The number of nitrogens with one attached hydrogen (secondary N) is 2. The third kappa shape index (κ3) is 5.76. The fourth-order valence-corrected chi connectivity index (χ4v) is 1.85. The van der Waals surface area contributed by atoms with E-state index in [2.05, 4.69) is 10.6 Å². The maximum atomic E-state index is 13.6. The van der Waals surface area contributed by atoms with Gasteiger partial charge in [-0.05, 0) is 25.0 Å². The molecule has 130 valence electrons. The molecule has 0 fully saturated rings. The molecule has 0 aliphatic carbocycles. The second-order valence-corrected chi connectivity index (χ2v) is 5.44. The molecule has 23 heavy (non-hydrogen) atoms. The van der Waals surface area contributed by atoms with Crippen molar-refractivity contribution >= 4 is 24.2 Å². The Balaban J connectivity index is 0.00000484. The second-order valence-electron chi connectivity index (χ2n) is 5.44. The van der Waals surface area contributed by atoms with Crippen LogP contribution in [0.15, 0.2) is 18.2 Å². The van der Waals surface area contributed by atoms with Gasteiger partial charge >= 0.3 is 0 Å². The fourth-order valence-electron chi connectivity index (χ4n) is 1.85. The van der Waals surface area contributed by atoms with E-state index in [0.717, 1.165) is 18.2 Å². The highest BCUT2D eigenvalue weighted by atomic mass is 35.5. The summed E-state index contributed by atoms with van der Waals surface area (Å²) in [5, 5.41) is 5.00. The number of carbonyl (C=O) groups is 2. The van der Waals surface area contributed by atoms with Crippen molar-refractivity contribution in [3.05, 3.63) is 35.4 Å². The first kappa shape index (κ1) is 21.3. The highest BCUT2D eigenvalue weighted by Crippen LogP contribution is 2.13. The number of carbonyl (C=O) groups excluding carboxylic acids is 2. The average molecular weight is 350 g/mol. The lowest BCUT2D eigenvalue weighted by atomic mass is 10.0. The molecule has 0 aliphatic heterocycles. The minimum absolute atomic E-state index is 0. The molecule has 2 amide bonds. The summed E-state index contributed by atoms with van der Waals surface area (Å²) in [6.45, 7) is 5.39. The van der Waals surface area contributed by atoms with Crippen LogP contribution in [-0.4, -0.2) is 30.4 Å². The summed E-state index contributed by atoms with van der Waals surface area (Å²) in [6, 6.07) is 1.95. The third-order valence-corrected chi connectivity index (χ3v) is 3.17. The summed E-state index contributed by atoms with van der Waals surface area (Å²) in [4.78, 5) is 24.2. The Kier molecular flexibility index (Phi) is 8.71. The van der Waals surface area contributed by atoms with E-state index in [4.69, 9.17) is 5.73 Å². The summed E-state index contributed by atoms with van der Waals surface area (Å²) in [6.07, 6.45) is 0. The van der Waals surface area contributed by atoms with Gasteiger partial charge in [-0.25, -0.2) is 8.78 Å². The normalized spacial score (nSPS) is 13.0. The molecule has 0 aromatic heterocycles. The van der Waals surface area contributed by atoms with Crippen molar-refractivity contribution in [2.75, 3.05) is 6.54 Å². The summed E-state index contributed by atoms with van der Waals surface area (Å²) in [5.41, 5.74) is 4.73. The van der Waals surface area contributed by atoms with Gasteiger partial charge in [0.05, 0.1) is 0 Å². The standard InChI is InChI=1S/C15H21F2N3O2.ClH/c1-8(2)13(15(22)19-9(3)7-18)20-14(21)12-10(16)5-4-6-11(12)17;/h4-6,8-9,13H,7,18H2,1-3H3,(H,19,22)(H,20,21);1H/t9-,13?;/m0./s1. The Labute approximate surface area is 140 Å². The molecule has 0 bridgehead atoms. The van der Waals surface area contributed by atoms with Crippen molar-refractivity contribution in [1.82, 2.24) is 10.6 Å². The van der Waals surface area contributed by atoms with Crippen molar-refractivity contribution in [3.8, 4) is 0 Å². The maximum Gasteiger partial charge on any atom is 0.257 e. The van der Waals surface area contributed by atoms with Crippen molar-refractivity contribution in [2.24, 2.45) is 11.7 Å². The van der Waals surface area contributed by atoms with E-state index < -0.39 is 35.1 Å². The zero-order valence-corrected chi connectivity index (χ0v) is 14.0. The first-order valence-corrected chi connectivity index (χ1v) is 7.03. The van der Waals surface area contributed by atoms with Crippen LogP contribution in [0, 0.1) is 17.6 Å². The molecule has 0 spiro atoms. The largest absolute Gasteiger partial charge is 0.351 e. The average Bonchev–Trinajstić information content (AvgIpc) is 2.43. The Bertz CT molecular complexity index is 535. The highest BCUT2D eigenvalue weighted by Gasteiger charge is 2.27. The predicted molar refractivity (Wildman–Crippen MR) is 86.4 cm³/mol. The minimum Gasteiger partial charge on any atom is -0.351 e. The Morgan fingerprint density at radius 1 is 1.13 bits per heavy atom. The van der Waals surface area contributed by atoms with Crippen LogP contribution in [0.4, 0.5) is 8.78 Å². The molecule has 1 aromatic carbocycles. The third-order valence-electron chi connectivity index (χ3n) is 3.17. The first-order valence-electron chi connectivity index (χ1n) is 7.03. The number of hydrogen-bond donors (Lipinski definition) is 3. The van der Waals surface area contributed by atoms with Gasteiger partial charge in [-0.1, -0.05) is 19.9 Å². The topological polar surface area (TPSA) is 84.2 Å². The number of nitrogens with two attached hydrogens (primary N) is 1. The zero-order valence-electron chi connectivity index (χ0n) is 13.2. The van der Waals surface area contributed by atoms with Gasteiger partial charge in [-0.3, -0.25) is 9.59 Å². The summed E-state index contributed by atoms with van der Waals surface area (Å²) >= 11 is 0. The lowest BCUT2D eigenvalue weighted by molar-refractivity contribution is -0.124. The maximum absolute atomic E-state index is 13.6. The van der Waals surface area contributed by atoms with E-state index in [1.807, 2.05) is 0 Å². The van der Waals surface area contributed by atoms with Crippen molar-refractivity contribution < 1.29 is 18.4 Å². The number of hydrogen-bond acceptors (Lipinski definition) is 3. The number of amides is 2. The van der Waals surface area contributed by atoms with E-state index in [0.29, 0.717) is 0 Å². The van der Waals surface area contributed by atoms with Crippen LogP contribution in [0.5, 0.6) is 0 Å². The molecular weight excluding hydrogens is 328 g/mol. The van der Waals surface area contributed by atoms with Gasteiger partial charge in [-0.15, -0.1) is 12.4 Å². The summed E-state index contributed by atoms with van der Waals surface area (Å²) < 4.78 is 27.2. The van der Waals surface area contributed by atoms with Gasteiger partial charge in [0, 0.05) is 12.6 Å². The fraction of sp³-hybridized carbons (Fsp3) is 0.467. The van der Waals surface area contributed by atoms with Gasteiger partial charge in [0.1, 0.15) is 23.2 Å². The molecule has 0 saturated heterocycles. The molecule has 0 heterocycles. The van der Waals surface area contributed by atoms with E-state index in [1.54, 1.807) is 20.8 Å². The van der Waals surface area contributed by atoms with Gasteiger partial charge in [0.15, 0.2) is 0 Å². The second kappa shape index (κ2) is 9.42. The molecule has 2 atom stereocenters. The molecule has 1 rings (SSSR count). The van der Waals surface area contributed by atoms with E-state index >= 15 is 0 Å². The Morgan fingerprint density at radius 3 is 2.09 bits per heavy atom.